The summed E-state index contributed by atoms with van der Waals surface area (Å²) in [6, 6.07) is 6.37. The first-order chi connectivity index (χ1) is 9.06. The number of hydrogen-bond donors (Lipinski definition) is 1. The first kappa shape index (κ1) is 14.4. The molecule has 0 heterocycles. The highest BCUT2D eigenvalue weighted by molar-refractivity contribution is 6.31. The minimum absolute atomic E-state index is 0.107. The van der Waals surface area contributed by atoms with E-state index in [0.717, 1.165) is 29.0 Å². The Hall–Kier alpha value is -1.06. The quantitative estimate of drug-likeness (QED) is 0.898. The molecule has 0 aromatic heterocycles. The summed E-state index contributed by atoms with van der Waals surface area (Å²) in [6.45, 7) is 2.74. The molecule has 1 aliphatic rings. The molecule has 1 aromatic carbocycles. The van der Waals surface area contributed by atoms with E-state index in [-0.39, 0.29) is 6.54 Å². The van der Waals surface area contributed by atoms with Gasteiger partial charge in [0.1, 0.15) is 0 Å². The summed E-state index contributed by atoms with van der Waals surface area (Å²) in [7, 11) is 0. The molecule has 0 aliphatic heterocycles. The van der Waals surface area contributed by atoms with Gasteiger partial charge in [-0.15, -0.1) is 0 Å². The van der Waals surface area contributed by atoms with Crippen LogP contribution >= 0.6 is 11.6 Å². The monoisotopic (exact) mass is 281 g/mol. The zero-order valence-corrected chi connectivity index (χ0v) is 12.0. The average molecular weight is 282 g/mol. The zero-order valence-electron chi connectivity index (χ0n) is 11.2. The fraction of sp³-hybridized carbons (Fsp3) is 0.533. The van der Waals surface area contributed by atoms with Crippen LogP contribution in [0.2, 0.25) is 5.02 Å². The SMILES string of the molecule is Cc1ccc(CN(CC(=O)O)C2CCCC2)cc1Cl. The zero-order chi connectivity index (χ0) is 13.8. The molecule has 104 valence electrons. The minimum Gasteiger partial charge on any atom is -0.480 e. The lowest BCUT2D eigenvalue weighted by molar-refractivity contribution is -0.139. The predicted octanol–water partition coefficient (Wildman–Crippen LogP) is 3.48. The number of halogens is 1. The predicted molar refractivity (Wildman–Crippen MR) is 76.5 cm³/mol. The van der Waals surface area contributed by atoms with Crippen LogP contribution in [0, 0.1) is 6.92 Å². The van der Waals surface area contributed by atoms with E-state index in [1.807, 2.05) is 25.1 Å². The van der Waals surface area contributed by atoms with Crippen molar-refractivity contribution in [1.82, 2.24) is 4.90 Å². The second kappa shape index (κ2) is 6.40. The van der Waals surface area contributed by atoms with Crippen LogP contribution in [0.3, 0.4) is 0 Å². The fourth-order valence-electron chi connectivity index (χ4n) is 2.73. The van der Waals surface area contributed by atoms with Gasteiger partial charge in [0.15, 0.2) is 0 Å². The lowest BCUT2D eigenvalue weighted by atomic mass is 10.1. The number of rotatable bonds is 5. The molecule has 0 bridgehead atoms. The van der Waals surface area contributed by atoms with Gasteiger partial charge < -0.3 is 5.11 Å². The third-order valence-corrected chi connectivity index (χ3v) is 4.21. The van der Waals surface area contributed by atoms with Gasteiger partial charge in [0, 0.05) is 17.6 Å². The van der Waals surface area contributed by atoms with E-state index < -0.39 is 5.97 Å². The van der Waals surface area contributed by atoms with E-state index >= 15 is 0 Å². The number of nitrogens with zero attached hydrogens (tertiary/aromatic N) is 1. The number of hydrogen-bond acceptors (Lipinski definition) is 2. The van der Waals surface area contributed by atoms with Gasteiger partial charge in [-0.05, 0) is 37.0 Å². The molecule has 0 saturated heterocycles. The molecule has 3 nitrogen and oxygen atoms in total. The molecule has 0 unspecified atom stereocenters. The van der Waals surface area contributed by atoms with Crippen LogP contribution in [0.4, 0.5) is 0 Å². The van der Waals surface area contributed by atoms with Crippen LogP contribution in [-0.4, -0.2) is 28.6 Å². The molecule has 19 heavy (non-hydrogen) atoms. The summed E-state index contributed by atoms with van der Waals surface area (Å²) >= 11 is 6.13. The minimum atomic E-state index is -0.759. The first-order valence-corrected chi connectivity index (χ1v) is 7.15. The van der Waals surface area contributed by atoms with E-state index in [2.05, 4.69) is 4.90 Å². The van der Waals surface area contributed by atoms with Gasteiger partial charge in [0.05, 0.1) is 6.54 Å². The van der Waals surface area contributed by atoms with Crippen LogP contribution in [-0.2, 0) is 11.3 Å². The molecule has 0 spiro atoms. The van der Waals surface area contributed by atoms with Crippen molar-refractivity contribution in [3.8, 4) is 0 Å². The molecule has 4 heteroatoms. The normalized spacial score (nSPS) is 16.2. The summed E-state index contributed by atoms with van der Waals surface area (Å²) in [4.78, 5) is 13.1. The lowest BCUT2D eigenvalue weighted by Crippen LogP contribution is -2.37. The summed E-state index contributed by atoms with van der Waals surface area (Å²) in [5, 5.41) is 9.80. The van der Waals surface area contributed by atoms with Crippen molar-refractivity contribution in [2.45, 2.75) is 45.2 Å². The molecular formula is C15H20ClNO2. The Bertz CT molecular complexity index is 455. The Morgan fingerprint density at radius 1 is 1.42 bits per heavy atom. The van der Waals surface area contributed by atoms with Crippen LogP contribution in [0.15, 0.2) is 18.2 Å². The summed E-state index contributed by atoms with van der Waals surface area (Å²) in [5.74, 6) is -0.759. The lowest BCUT2D eigenvalue weighted by Gasteiger charge is -2.27. The van der Waals surface area contributed by atoms with Gasteiger partial charge in [-0.2, -0.15) is 0 Å². The molecular weight excluding hydrogens is 262 g/mol. The maximum absolute atomic E-state index is 11.0. The molecule has 1 aromatic rings. The highest BCUT2D eigenvalue weighted by atomic mass is 35.5. The second-order valence-corrected chi connectivity index (χ2v) is 5.73. The third-order valence-electron chi connectivity index (χ3n) is 3.80. The number of benzene rings is 1. The maximum atomic E-state index is 11.0. The van der Waals surface area contributed by atoms with Crippen molar-refractivity contribution >= 4 is 17.6 Å². The van der Waals surface area contributed by atoms with Crippen LogP contribution in [0.25, 0.3) is 0 Å². The molecule has 0 radical (unpaired) electrons. The fourth-order valence-corrected chi connectivity index (χ4v) is 2.93. The molecule has 1 fully saturated rings. The standard InChI is InChI=1S/C15H20ClNO2/c1-11-6-7-12(8-14(11)16)9-17(10-15(18)19)13-4-2-3-5-13/h6-8,13H,2-5,9-10H2,1H3,(H,18,19). The van der Waals surface area contributed by atoms with Gasteiger partial charge in [-0.25, -0.2) is 0 Å². The van der Waals surface area contributed by atoms with Crippen molar-refractivity contribution < 1.29 is 9.90 Å². The Labute approximate surface area is 119 Å². The Morgan fingerprint density at radius 3 is 2.68 bits per heavy atom. The number of carboxylic acids is 1. The molecule has 1 aliphatic carbocycles. The molecule has 0 amide bonds. The largest absolute Gasteiger partial charge is 0.480 e. The van der Waals surface area contributed by atoms with Gasteiger partial charge in [0.2, 0.25) is 0 Å². The van der Waals surface area contributed by atoms with E-state index in [0.29, 0.717) is 12.6 Å². The average Bonchev–Trinajstić information content (AvgIpc) is 2.86. The molecule has 1 N–H and O–H groups in total. The molecule has 0 atom stereocenters. The van der Waals surface area contributed by atoms with Crippen molar-refractivity contribution in [1.29, 1.82) is 0 Å². The number of aliphatic carboxylic acids is 1. The smallest absolute Gasteiger partial charge is 0.317 e. The van der Waals surface area contributed by atoms with E-state index in [1.165, 1.54) is 12.8 Å². The molecule has 2 rings (SSSR count). The first-order valence-electron chi connectivity index (χ1n) is 6.77. The van der Waals surface area contributed by atoms with Gasteiger partial charge >= 0.3 is 5.97 Å². The van der Waals surface area contributed by atoms with Crippen molar-refractivity contribution in [3.05, 3.63) is 34.3 Å². The van der Waals surface area contributed by atoms with Crippen LogP contribution < -0.4 is 0 Å². The van der Waals surface area contributed by atoms with E-state index in [9.17, 15) is 4.79 Å². The van der Waals surface area contributed by atoms with E-state index in [4.69, 9.17) is 16.7 Å². The van der Waals surface area contributed by atoms with Gasteiger partial charge in [-0.3, -0.25) is 9.69 Å². The Balaban J connectivity index is 2.09. The van der Waals surface area contributed by atoms with Crippen molar-refractivity contribution in [3.63, 3.8) is 0 Å². The van der Waals surface area contributed by atoms with E-state index in [1.54, 1.807) is 0 Å². The third kappa shape index (κ3) is 3.95. The Kier molecular flexibility index (Phi) is 4.83. The van der Waals surface area contributed by atoms with Gasteiger partial charge in [-0.1, -0.05) is 36.6 Å². The highest BCUT2D eigenvalue weighted by Crippen LogP contribution is 2.25. The van der Waals surface area contributed by atoms with Crippen LogP contribution in [0.5, 0.6) is 0 Å². The molecule has 1 saturated carbocycles. The highest BCUT2D eigenvalue weighted by Gasteiger charge is 2.24. The number of carboxylic acid groups (broad SMARTS) is 1. The van der Waals surface area contributed by atoms with Crippen LogP contribution in [0.1, 0.15) is 36.8 Å². The topological polar surface area (TPSA) is 40.5 Å². The summed E-state index contributed by atoms with van der Waals surface area (Å²) < 4.78 is 0. The van der Waals surface area contributed by atoms with Crippen molar-refractivity contribution in [2.75, 3.05) is 6.54 Å². The Morgan fingerprint density at radius 2 is 2.11 bits per heavy atom. The second-order valence-electron chi connectivity index (χ2n) is 5.32. The van der Waals surface area contributed by atoms with Crippen molar-refractivity contribution in [2.24, 2.45) is 0 Å². The summed E-state index contributed by atoms with van der Waals surface area (Å²) in [6.07, 6.45) is 4.62. The number of aryl methyl sites for hydroxylation is 1. The maximum Gasteiger partial charge on any atom is 0.317 e. The summed E-state index contributed by atoms with van der Waals surface area (Å²) in [5.41, 5.74) is 2.14. The van der Waals surface area contributed by atoms with Gasteiger partial charge in [0.25, 0.3) is 0 Å². The number of carbonyl (C=O) groups is 1.